The van der Waals surface area contributed by atoms with Gasteiger partial charge < -0.3 is 5.73 Å². The predicted octanol–water partition coefficient (Wildman–Crippen LogP) is 1.60. The van der Waals surface area contributed by atoms with Gasteiger partial charge in [-0.1, -0.05) is 32.6 Å². The van der Waals surface area contributed by atoms with Crippen LogP contribution in [0, 0.1) is 5.92 Å². The van der Waals surface area contributed by atoms with E-state index in [0.29, 0.717) is 25.6 Å². The van der Waals surface area contributed by atoms with Crippen LogP contribution in [0.25, 0.3) is 0 Å². The molecule has 1 saturated heterocycles. The number of piperidine rings is 1. The average Bonchev–Trinajstić information content (AvgIpc) is 2.63. The summed E-state index contributed by atoms with van der Waals surface area (Å²) in [6.45, 7) is 3.82. The Kier molecular flexibility index (Phi) is 5.45. The zero-order valence-electron chi connectivity index (χ0n) is 12.6. The van der Waals surface area contributed by atoms with Crippen LogP contribution in [0.15, 0.2) is 0 Å². The van der Waals surface area contributed by atoms with Crippen molar-refractivity contribution >= 4 is 10.2 Å². The van der Waals surface area contributed by atoms with Crippen LogP contribution in [0.2, 0.25) is 0 Å². The molecule has 6 heteroatoms. The Labute approximate surface area is 123 Å². The van der Waals surface area contributed by atoms with Gasteiger partial charge in [-0.15, -0.1) is 0 Å². The van der Waals surface area contributed by atoms with Crippen molar-refractivity contribution in [2.45, 2.75) is 63.8 Å². The van der Waals surface area contributed by atoms with Crippen molar-refractivity contribution in [2.24, 2.45) is 11.7 Å². The number of hydrogen-bond acceptors (Lipinski definition) is 3. The molecule has 0 spiro atoms. The van der Waals surface area contributed by atoms with Crippen LogP contribution in [0.3, 0.4) is 0 Å². The first kappa shape index (κ1) is 16.2. The zero-order valence-corrected chi connectivity index (χ0v) is 13.4. The van der Waals surface area contributed by atoms with Crippen LogP contribution in [-0.2, 0) is 10.2 Å². The minimum Gasteiger partial charge on any atom is -0.324 e. The zero-order chi connectivity index (χ0) is 14.6. The summed E-state index contributed by atoms with van der Waals surface area (Å²) in [5, 5.41) is 0. The number of hydrogen-bond donors (Lipinski definition) is 2. The maximum absolute atomic E-state index is 12.3. The van der Waals surface area contributed by atoms with Gasteiger partial charge in [0, 0.05) is 25.2 Å². The van der Waals surface area contributed by atoms with Gasteiger partial charge in [0.2, 0.25) is 0 Å². The third kappa shape index (κ3) is 4.41. The summed E-state index contributed by atoms with van der Waals surface area (Å²) < 4.78 is 29.0. The molecule has 0 unspecified atom stereocenters. The fourth-order valence-electron chi connectivity index (χ4n) is 3.16. The van der Waals surface area contributed by atoms with E-state index in [1.165, 1.54) is 12.8 Å². The lowest BCUT2D eigenvalue weighted by atomic mass is 9.92. The molecule has 0 aromatic heterocycles. The highest BCUT2D eigenvalue weighted by molar-refractivity contribution is 7.87. The maximum atomic E-state index is 12.3. The molecule has 2 aliphatic rings. The first-order valence-corrected chi connectivity index (χ1v) is 9.39. The normalized spacial score (nSPS) is 26.3. The van der Waals surface area contributed by atoms with E-state index >= 15 is 0 Å². The second kappa shape index (κ2) is 6.73. The van der Waals surface area contributed by atoms with Crippen molar-refractivity contribution in [2.75, 3.05) is 19.6 Å². The molecule has 0 amide bonds. The molecule has 2 rings (SSSR count). The number of nitrogens with zero attached hydrogens (tertiary/aromatic N) is 1. The Morgan fingerprint density at radius 2 is 1.70 bits per heavy atom. The highest BCUT2D eigenvalue weighted by Gasteiger charge is 2.31. The SMILES string of the molecule is CC1CCN(S(=O)(=O)NCC2(N)CCCCCC2)CC1. The van der Waals surface area contributed by atoms with Crippen molar-refractivity contribution in [3.8, 4) is 0 Å². The van der Waals surface area contributed by atoms with Gasteiger partial charge in [0.15, 0.2) is 0 Å². The molecule has 3 N–H and O–H groups in total. The molecule has 2 fully saturated rings. The Hall–Kier alpha value is -0.170. The van der Waals surface area contributed by atoms with E-state index in [-0.39, 0.29) is 5.54 Å². The Balaban J connectivity index is 1.88. The van der Waals surface area contributed by atoms with E-state index < -0.39 is 10.2 Å². The van der Waals surface area contributed by atoms with E-state index in [1.807, 2.05) is 0 Å². The second-order valence-electron chi connectivity index (χ2n) is 6.68. The van der Waals surface area contributed by atoms with Crippen molar-refractivity contribution < 1.29 is 8.42 Å². The van der Waals surface area contributed by atoms with Gasteiger partial charge in [-0.2, -0.15) is 12.7 Å². The summed E-state index contributed by atoms with van der Waals surface area (Å²) in [6.07, 6.45) is 8.41. The largest absolute Gasteiger partial charge is 0.324 e. The summed E-state index contributed by atoms with van der Waals surface area (Å²) in [5.74, 6) is 0.629. The quantitative estimate of drug-likeness (QED) is 0.775. The summed E-state index contributed by atoms with van der Waals surface area (Å²) in [6, 6.07) is 0. The van der Waals surface area contributed by atoms with Gasteiger partial charge in [-0.3, -0.25) is 0 Å². The first-order chi connectivity index (χ1) is 9.41. The molecule has 5 nitrogen and oxygen atoms in total. The molecule has 0 aromatic carbocycles. The molecule has 1 heterocycles. The highest BCUT2D eigenvalue weighted by atomic mass is 32.2. The average molecular weight is 303 g/mol. The fraction of sp³-hybridized carbons (Fsp3) is 1.00. The van der Waals surface area contributed by atoms with Crippen molar-refractivity contribution in [3.63, 3.8) is 0 Å². The van der Waals surface area contributed by atoms with Crippen LogP contribution < -0.4 is 10.5 Å². The van der Waals surface area contributed by atoms with E-state index in [4.69, 9.17) is 5.73 Å². The molecule has 20 heavy (non-hydrogen) atoms. The second-order valence-corrected chi connectivity index (χ2v) is 8.44. The number of nitrogens with two attached hydrogens (primary N) is 1. The number of rotatable bonds is 4. The molecule has 1 saturated carbocycles. The van der Waals surface area contributed by atoms with Gasteiger partial charge in [0.25, 0.3) is 10.2 Å². The molecular weight excluding hydrogens is 274 g/mol. The molecular formula is C14H29N3O2S. The van der Waals surface area contributed by atoms with Crippen LogP contribution in [0.4, 0.5) is 0 Å². The maximum Gasteiger partial charge on any atom is 0.279 e. The van der Waals surface area contributed by atoms with Crippen molar-refractivity contribution in [1.82, 2.24) is 9.03 Å². The van der Waals surface area contributed by atoms with Crippen molar-refractivity contribution in [1.29, 1.82) is 0 Å². The molecule has 0 atom stereocenters. The van der Waals surface area contributed by atoms with Gasteiger partial charge in [0.05, 0.1) is 0 Å². The smallest absolute Gasteiger partial charge is 0.279 e. The summed E-state index contributed by atoms with van der Waals surface area (Å²) in [4.78, 5) is 0. The van der Waals surface area contributed by atoms with Crippen LogP contribution in [0.1, 0.15) is 58.3 Å². The summed E-state index contributed by atoms with van der Waals surface area (Å²) in [7, 11) is -3.35. The third-order valence-electron chi connectivity index (χ3n) is 4.79. The highest BCUT2D eigenvalue weighted by Crippen LogP contribution is 2.25. The molecule has 0 bridgehead atoms. The van der Waals surface area contributed by atoms with Gasteiger partial charge in [-0.25, -0.2) is 4.72 Å². The van der Waals surface area contributed by atoms with Gasteiger partial charge in [0.1, 0.15) is 0 Å². The first-order valence-electron chi connectivity index (χ1n) is 7.95. The summed E-state index contributed by atoms with van der Waals surface area (Å²) >= 11 is 0. The molecule has 0 aromatic rings. The standard InChI is InChI=1S/C14H29N3O2S/c1-13-6-10-17(11-7-13)20(18,19)16-12-14(15)8-4-2-3-5-9-14/h13,16H,2-12,15H2,1H3. The van der Waals surface area contributed by atoms with Crippen LogP contribution in [0.5, 0.6) is 0 Å². The van der Waals surface area contributed by atoms with Crippen LogP contribution >= 0.6 is 0 Å². The lowest BCUT2D eigenvalue weighted by Gasteiger charge is -2.32. The predicted molar refractivity (Wildman–Crippen MR) is 81.5 cm³/mol. The Morgan fingerprint density at radius 3 is 2.25 bits per heavy atom. The molecule has 1 aliphatic heterocycles. The van der Waals surface area contributed by atoms with E-state index in [2.05, 4.69) is 11.6 Å². The molecule has 1 aliphatic carbocycles. The Bertz CT molecular complexity index is 395. The number of nitrogens with one attached hydrogen (secondary N) is 1. The van der Waals surface area contributed by atoms with Gasteiger partial charge in [-0.05, 0) is 31.6 Å². The van der Waals surface area contributed by atoms with Crippen molar-refractivity contribution in [3.05, 3.63) is 0 Å². The van der Waals surface area contributed by atoms with E-state index in [1.54, 1.807) is 4.31 Å². The Morgan fingerprint density at radius 1 is 1.15 bits per heavy atom. The minimum absolute atomic E-state index is 0.355. The fourth-order valence-corrected chi connectivity index (χ4v) is 4.50. The monoisotopic (exact) mass is 303 g/mol. The third-order valence-corrected chi connectivity index (χ3v) is 6.34. The molecule has 118 valence electrons. The van der Waals surface area contributed by atoms with E-state index in [9.17, 15) is 8.42 Å². The minimum atomic E-state index is -3.35. The topological polar surface area (TPSA) is 75.4 Å². The van der Waals surface area contributed by atoms with Gasteiger partial charge >= 0.3 is 0 Å². The molecule has 0 radical (unpaired) electrons. The van der Waals surface area contributed by atoms with Crippen LogP contribution in [-0.4, -0.2) is 37.9 Å². The lowest BCUT2D eigenvalue weighted by molar-refractivity contribution is 0.281. The van der Waals surface area contributed by atoms with E-state index in [0.717, 1.165) is 38.5 Å². The lowest BCUT2D eigenvalue weighted by Crippen LogP contribution is -2.53. The summed E-state index contributed by atoms with van der Waals surface area (Å²) in [5.41, 5.74) is 6.02.